The van der Waals surface area contributed by atoms with Crippen molar-refractivity contribution in [1.82, 2.24) is 15.0 Å². The first kappa shape index (κ1) is 15.5. The lowest BCUT2D eigenvalue weighted by atomic mass is 10.2. The molecular weight excluding hydrogens is 312 g/mol. The summed E-state index contributed by atoms with van der Waals surface area (Å²) >= 11 is 0. The normalized spacial score (nSPS) is 11.8. The molecule has 0 radical (unpaired) electrons. The number of hydrogen-bond donors (Lipinski definition) is 0. The molecule has 1 heterocycles. The van der Waals surface area contributed by atoms with E-state index in [4.69, 9.17) is 0 Å². The van der Waals surface area contributed by atoms with Crippen LogP contribution in [0.4, 0.5) is 5.69 Å². The average molecular weight is 330 g/mol. The lowest BCUT2D eigenvalue weighted by Crippen LogP contribution is -2.30. The van der Waals surface area contributed by atoms with Crippen LogP contribution in [0.1, 0.15) is 12.5 Å². The van der Waals surface area contributed by atoms with Crippen molar-refractivity contribution in [2.75, 3.05) is 10.8 Å². The Labute approximate surface area is 135 Å². The number of benzene rings is 2. The molecule has 2 aromatic carbocycles. The Hall–Kier alpha value is -2.41. The molecule has 3 rings (SSSR count). The monoisotopic (exact) mass is 330 g/mol. The van der Waals surface area contributed by atoms with Gasteiger partial charge in [0, 0.05) is 13.6 Å². The number of nitrogens with zero attached hydrogens (tertiary/aromatic N) is 4. The van der Waals surface area contributed by atoms with Gasteiger partial charge in [-0.3, -0.25) is 4.31 Å². The summed E-state index contributed by atoms with van der Waals surface area (Å²) < 4.78 is 29.0. The maximum absolute atomic E-state index is 13.0. The second-order valence-corrected chi connectivity index (χ2v) is 7.23. The Kier molecular flexibility index (Phi) is 3.81. The van der Waals surface area contributed by atoms with Crippen molar-refractivity contribution in [1.29, 1.82) is 0 Å². The molecule has 7 heteroatoms. The summed E-state index contributed by atoms with van der Waals surface area (Å²) in [5, 5.41) is 7.91. The minimum atomic E-state index is -3.65. The van der Waals surface area contributed by atoms with Crippen molar-refractivity contribution in [3.8, 4) is 0 Å². The minimum Gasteiger partial charge on any atom is -0.267 e. The van der Waals surface area contributed by atoms with E-state index in [1.165, 1.54) is 4.31 Å². The minimum absolute atomic E-state index is 0.217. The summed E-state index contributed by atoms with van der Waals surface area (Å²) in [5.41, 5.74) is 3.03. The molecule has 6 nitrogen and oxygen atoms in total. The van der Waals surface area contributed by atoms with Crippen molar-refractivity contribution >= 4 is 26.7 Å². The molecule has 0 aliphatic rings. The molecule has 0 atom stereocenters. The highest BCUT2D eigenvalue weighted by Crippen LogP contribution is 2.25. The van der Waals surface area contributed by atoms with Crippen molar-refractivity contribution in [2.45, 2.75) is 18.7 Å². The lowest BCUT2D eigenvalue weighted by Gasteiger charge is -2.23. The quantitative estimate of drug-likeness (QED) is 0.737. The molecule has 0 bridgehead atoms. The SMILES string of the molecule is CCN(c1cccc(C)c1)S(=O)(=O)c1ccc2c(c1)nnn2C. The van der Waals surface area contributed by atoms with Gasteiger partial charge in [0.2, 0.25) is 0 Å². The Morgan fingerprint density at radius 3 is 2.65 bits per heavy atom. The Morgan fingerprint density at radius 1 is 1.17 bits per heavy atom. The van der Waals surface area contributed by atoms with Crippen molar-refractivity contribution < 1.29 is 8.42 Å². The molecule has 0 unspecified atom stereocenters. The van der Waals surface area contributed by atoms with Gasteiger partial charge in [-0.15, -0.1) is 5.10 Å². The van der Waals surface area contributed by atoms with E-state index < -0.39 is 10.0 Å². The van der Waals surface area contributed by atoms with Crippen LogP contribution in [0.3, 0.4) is 0 Å². The van der Waals surface area contributed by atoms with E-state index in [9.17, 15) is 8.42 Å². The summed E-state index contributed by atoms with van der Waals surface area (Å²) in [6, 6.07) is 12.4. The summed E-state index contributed by atoms with van der Waals surface area (Å²) in [6.45, 7) is 4.11. The maximum Gasteiger partial charge on any atom is 0.264 e. The topological polar surface area (TPSA) is 68.1 Å². The zero-order chi connectivity index (χ0) is 16.6. The fourth-order valence-corrected chi connectivity index (χ4v) is 4.07. The standard InChI is InChI=1S/C16H18N4O2S/c1-4-20(13-7-5-6-12(2)10-13)23(21,22)14-8-9-16-15(11-14)17-18-19(16)3/h5-11H,4H2,1-3H3. The molecule has 3 aromatic rings. The molecule has 0 fully saturated rings. The molecule has 0 N–H and O–H groups in total. The van der Waals surface area contributed by atoms with Gasteiger partial charge in [0.05, 0.1) is 16.1 Å². The summed E-state index contributed by atoms with van der Waals surface area (Å²) in [5.74, 6) is 0. The predicted molar refractivity (Wildman–Crippen MR) is 89.9 cm³/mol. The van der Waals surface area contributed by atoms with Crippen LogP contribution in [-0.2, 0) is 17.1 Å². The first-order valence-electron chi connectivity index (χ1n) is 7.32. The highest BCUT2D eigenvalue weighted by molar-refractivity contribution is 7.92. The molecular formula is C16H18N4O2S. The molecule has 0 saturated carbocycles. The van der Waals surface area contributed by atoms with Crippen molar-refractivity contribution in [2.24, 2.45) is 7.05 Å². The number of anilines is 1. The van der Waals surface area contributed by atoms with Crippen LogP contribution in [-0.4, -0.2) is 30.0 Å². The number of fused-ring (bicyclic) bond motifs is 1. The highest BCUT2D eigenvalue weighted by Gasteiger charge is 2.24. The van der Waals surface area contributed by atoms with Crippen molar-refractivity contribution in [3.63, 3.8) is 0 Å². The van der Waals surface area contributed by atoms with Crippen LogP contribution in [0.25, 0.3) is 11.0 Å². The van der Waals surface area contributed by atoms with Crippen LogP contribution in [0.5, 0.6) is 0 Å². The van der Waals surface area contributed by atoms with E-state index >= 15 is 0 Å². The maximum atomic E-state index is 13.0. The number of hydrogen-bond acceptors (Lipinski definition) is 4. The zero-order valence-corrected chi connectivity index (χ0v) is 14.1. The Morgan fingerprint density at radius 2 is 1.96 bits per heavy atom. The van der Waals surface area contributed by atoms with Crippen LogP contribution in [0.15, 0.2) is 47.4 Å². The second-order valence-electron chi connectivity index (χ2n) is 5.37. The van der Waals surface area contributed by atoms with Gasteiger partial charge in [-0.25, -0.2) is 13.1 Å². The number of rotatable bonds is 4. The lowest BCUT2D eigenvalue weighted by molar-refractivity contribution is 0.592. The first-order chi connectivity index (χ1) is 10.9. The third kappa shape index (κ3) is 2.68. The fourth-order valence-electron chi connectivity index (χ4n) is 2.58. The number of aromatic nitrogens is 3. The molecule has 0 saturated heterocycles. The smallest absolute Gasteiger partial charge is 0.264 e. The number of aryl methyl sites for hydroxylation is 2. The van der Waals surface area contributed by atoms with Gasteiger partial charge in [0.25, 0.3) is 10.0 Å². The third-order valence-electron chi connectivity index (χ3n) is 3.75. The molecule has 0 spiro atoms. The van der Waals surface area contributed by atoms with E-state index in [-0.39, 0.29) is 4.90 Å². The molecule has 23 heavy (non-hydrogen) atoms. The van der Waals surface area contributed by atoms with Gasteiger partial charge in [-0.2, -0.15) is 0 Å². The van der Waals surface area contributed by atoms with E-state index in [0.717, 1.165) is 11.1 Å². The van der Waals surface area contributed by atoms with Crippen LogP contribution in [0, 0.1) is 6.92 Å². The summed E-state index contributed by atoms with van der Waals surface area (Å²) in [4.78, 5) is 0.217. The van der Waals surface area contributed by atoms with Crippen molar-refractivity contribution in [3.05, 3.63) is 48.0 Å². The summed E-state index contributed by atoms with van der Waals surface area (Å²) in [6.07, 6.45) is 0. The Balaban J connectivity index is 2.10. The van der Waals surface area contributed by atoms with Gasteiger partial charge in [0.15, 0.2) is 0 Å². The van der Waals surface area contributed by atoms with E-state index in [1.54, 1.807) is 36.0 Å². The van der Waals surface area contributed by atoms with Crippen LogP contribution in [0.2, 0.25) is 0 Å². The second kappa shape index (κ2) is 5.66. The van der Waals surface area contributed by atoms with Gasteiger partial charge < -0.3 is 0 Å². The largest absolute Gasteiger partial charge is 0.267 e. The zero-order valence-electron chi connectivity index (χ0n) is 13.3. The van der Waals surface area contributed by atoms with E-state index in [1.807, 2.05) is 32.0 Å². The Bertz CT molecular complexity index is 963. The molecule has 0 amide bonds. The highest BCUT2D eigenvalue weighted by atomic mass is 32.2. The van der Waals surface area contributed by atoms with E-state index in [0.29, 0.717) is 17.7 Å². The molecule has 0 aliphatic heterocycles. The fraction of sp³-hybridized carbons (Fsp3) is 0.250. The third-order valence-corrected chi connectivity index (χ3v) is 5.65. The van der Waals surface area contributed by atoms with Crippen LogP contribution < -0.4 is 4.31 Å². The average Bonchev–Trinajstić information content (AvgIpc) is 2.89. The van der Waals surface area contributed by atoms with Gasteiger partial charge in [-0.05, 0) is 49.7 Å². The predicted octanol–water partition coefficient (Wildman–Crippen LogP) is 2.49. The summed E-state index contributed by atoms with van der Waals surface area (Å²) in [7, 11) is -1.87. The van der Waals surface area contributed by atoms with Gasteiger partial charge >= 0.3 is 0 Å². The van der Waals surface area contributed by atoms with E-state index in [2.05, 4.69) is 10.3 Å². The first-order valence-corrected chi connectivity index (χ1v) is 8.76. The molecule has 0 aliphatic carbocycles. The van der Waals surface area contributed by atoms with Crippen LogP contribution >= 0.6 is 0 Å². The van der Waals surface area contributed by atoms with Gasteiger partial charge in [0.1, 0.15) is 5.52 Å². The molecule has 120 valence electrons. The van der Waals surface area contributed by atoms with Gasteiger partial charge in [-0.1, -0.05) is 17.3 Å². The number of sulfonamides is 1. The molecule has 1 aromatic heterocycles.